The Morgan fingerprint density at radius 2 is 2.15 bits per heavy atom. The predicted octanol–water partition coefficient (Wildman–Crippen LogP) is 2.09. The van der Waals surface area contributed by atoms with Crippen LogP contribution >= 0.6 is 0 Å². The molecule has 4 rings (SSSR count). The fourth-order valence-electron chi connectivity index (χ4n) is 3.65. The summed E-state index contributed by atoms with van der Waals surface area (Å²) in [7, 11) is 0. The number of likely N-dealkylation sites (tertiary alicyclic amines) is 1. The number of aromatic nitrogens is 3. The minimum absolute atomic E-state index is 0.0656. The molecule has 1 aromatic carbocycles. The summed E-state index contributed by atoms with van der Waals surface area (Å²) in [5, 5.41) is 12.8. The zero-order valence-corrected chi connectivity index (χ0v) is 15.4. The van der Waals surface area contributed by atoms with E-state index in [-0.39, 0.29) is 11.9 Å². The number of hydrogen-bond donors (Lipinski definition) is 3. The van der Waals surface area contributed by atoms with E-state index in [9.17, 15) is 4.79 Å². The highest BCUT2D eigenvalue weighted by atomic mass is 16.2. The summed E-state index contributed by atoms with van der Waals surface area (Å²) in [5.74, 6) is 0.568. The smallest absolute Gasteiger partial charge is 0.274 e. The number of carbonyl (C=O) groups excluding carboxylic acids is 1. The number of nitrogens with zero attached hydrogens (tertiary/aromatic N) is 3. The summed E-state index contributed by atoms with van der Waals surface area (Å²) in [6, 6.07) is 11.9. The summed E-state index contributed by atoms with van der Waals surface area (Å²) >= 11 is 0. The highest BCUT2D eigenvalue weighted by Crippen LogP contribution is 2.22. The van der Waals surface area contributed by atoms with Crippen LogP contribution in [0.1, 0.15) is 28.2 Å². The molecule has 1 aliphatic heterocycles. The average Bonchev–Trinajstić information content (AvgIpc) is 3.25. The van der Waals surface area contributed by atoms with Gasteiger partial charge in [-0.2, -0.15) is 0 Å². The fourth-order valence-corrected chi connectivity index (χ4v) is 3.65. The van der Waals surface area contributed by atoms with E-state index in [1.54, 1.807) is 17.0 Å². The third-order valence-corrected chi connectivity index (χ3v) is 5.10. The number of amides is 1. The zero-order chi connectivity index (χ0) is 18.8. The number of fused-ring (bicyclic) bond motifs is 1. The number of nitrogens with one attached hydrogen (secondary N) is 2. The molecule has 2 aromatic heterocycles. The number of para-hydroxylation sites is 1. The van der Waals surface area contributed by atoms with Crippen molar-refractivity contribution in [1.29, 1.82) is 0 Å². The Bertz CT molecular complexity index is 949. The van der Waals surface area contributed by atoms with Gasteiger partial charge >= 0.3 is 0 Å². The summed E-state index contributed by atoms with van der Waals surface area (Å²) in [6.45, 7) is 4.11. The van der Waals surface area contributed by atoms with Crippen LogP contribution in [-0.2, 0) is 6.42 Å². The molecule has 4 N–H and O–H groups in total. The van der Waals surface area contributed by atoms with Crippen LogP contribution in [0.15, 0.2) is 36.4 Å². The first kappa shape index (κ1) is 17.5. The van der Waals surface area contributed by atoms with E-state index in [0.29, 0.717) is 24.6 Å². The molecule has 27 heavy (non-hydrogen) atoms. The molecule has 0 radical (unpaired) electrons. The summed E-state index contributed by atoms with van der Waals surface area (Å²) in [5.41, 5.74) is 9.88. The van der Waals surface area contributed by atoms with Gasteiger partial charge in [-0.1, -0.05) is 18.2 Å². The normalized spacial score (nSPS) is 16.8. The van der Waals surface area contributed by atoms with E-state index >= 15 is 0 Å². The third-order valence-electron chi connectivity index (χ3n) is 5.10. The second-order valence-electron chi connectivity index (χ2n) is 7.05. The SMILES string of the molecule is Cc1[nH]c2ccccc2c1CCNc1ccc(C(=O)N2CCC(N)C2)nn1. The molecular formula is C20H24N6O. The summed E-state index contributed by atoms with van der Waals surface area (Å²) in [4.78, 5) is 17.5. The molecule has 1 aliphatic rings. The Morgan fingerprint density at radius 3 is 2.89 bits per heavy atom. The van der Waals surface area contributed by atoms with Crippen molar-refractivity contribution in [2.45, 2.75) is 25.8 Å². The number of benzene rings is 1. The second-order valence-corrected chi connectivity index (χ2v) is 7.05. The van der Waals surface area contributed by atoms with Gasteiger partial charge in [0.25, 0.3) is 5.91 Å². The lowest BCUT2D eigenvalue weighted by atomic mass is 10.1. The molecule has 1 atom stereocenters. The quantitative estimate of drug-likeness (QED) is 0.644. The molecule has 1 amide bonds. The fraction of sp³-hybridized carbons (Fsp3) is 0.350. The zero-order valence-electron chi connectivity index (χ0n) is 15.4. The average molecular weight is 364 g/mol. The van der Waals surface area contributed by atoms with Crippen LogP contribution in [0.25, 0.3) is 10.9 Å². The van der Waals surface area contributed by atoms with Gasteiger partial charge in [0.1, 0.15) is 5.82 Å². The summed E-state index contributed by atoms with van der Waals surface area (Å²) < 4.78 is 0. The molecule has 7 nitrogen and oxygen atoms in total. The Balaban J connectivity index is 1.36. The first-order valence-electron chi connectivity index (χ1n) is 9.30. The molecule has 0 aliphatic carbocycles. The first-order valence-corrected chi connectivity index (χ1v) is 9.30. The number of aromatic amines is 1. The highest BCUT2D eigenvalue weighted by Gasteiger charge is 2.25. The highest BCUT2D eigenvalue weighted by molar-refractivity contribution is 5.92. The van der Waals surface area contributed by atoms with Gasteiger partial charge in [0.2, 0.25) is 0 Å². The lowest BCUT2D eigenvalue weighted by Crippen LogP contribution is -2.32. The molecule has 1 fully saturated rings. The van der Waals surface area contributed by atoms with Gasteiger partial charge < -0.3 is 20.9 Å². The van der Waals surface area contributed by atoms with Gasteiger partial charge in [-0.25, -0.2) is 0 Å². The maximum atomic E-state index is 12.4. The molecule has 1 unspecified atom stereocenters. The predicted molar refractivity (Wildman–Crippen MR) is 106 cm³/mol. The largest absolute Gasteiger partial charge is 0.368 e. The van der Waals surface area contributed by atoms with Crippen molar-refractivity contribution in [3.8, 4) is 0 Å². The topological polar surface area (TPSA) is 99.9 Å². The Hall–Kier alpha value is -2.93. The number of nitrogens with two attached hydrogens (primary N) is 1. The van der Waals surface area contributed by atoms with E-state index in [2.05, 4.69) is 45.6 Å². The molecule has 3 heterocycles. The van der Waals surface area contributed by atoms with Gasteiger partial charge in [0.05, 0.1) is 0 Å². The van der Waals surface area contributed by atoms with Crippen LogP contribution in [0.4, 0.5) is 5.82 Å². The number of anilines is 1. The van der Waals surface area contributed by atoms with Crippen LogP contribution in [0.5, 0.6) is 0 Å². The molecule has 3 aromatic rings. The standard InChI is InChI=1S/C20H24N6O/c1-13-15(16-4-2-3-5-17(16)23-13)8-10-22-19-7-6-18(24-25-19)20(27)26-11-9-14(21)12-26/h2-7,14,23H,8-12,21H2,1H3,(H,22,25). The van der Waals surface area contributed by atoms with Crippen LogP contribution < -0.4 is 11.1 Å². The number of rotatable bonds is 5. The molecule has 1 saturated heterocycles. The number of carbonyl (C=O) groups is 1. The van der Waals surface area contributed by atoms with E-state index in [1.807, 2.05) is 6.07 Å². The minimum Gasteiger partial charge on any atom is -0.368 e. The lowest BCUT2D eigenvalue weighted by molar-refractivity contribution is 0.0784. The molecule has 0 saturated carbocycles. The summed E-state index contributed by atoms with van der Waals surface area (Å²) in [6.07, 6.45) is 1.72. The molecule has 7 heteroatoms. The Kier molecular flexibility index (Phi) is 4.77. The van der Waals surface area contributed by atoms with Crippen molar-refractivity contribution in [2.75, 3.05) is 25.0 Å². The van der Waals surface area contributed by atoms with Crippen molar-refractivity contribution in [2.24, 2.45) is 5.73 Å². The minimum atomic E-state index is -0.101. The van der Waals surface area contributed by atoms with Gasteiger partial charge in [0.15, 0.2) is 5.69 Å². The van der Waals surface area contributed by atoms with Crippen LogP contribution in [0, 0.1) is 6.92 Å². The molecular weight excluding hydrogens is 340 g/mol. The van der Waals surface area contributed by atoms with Gasteiger partial charge in [-0.15, -0.1) is 10.2 Å². The number of aryl methyl sites for hydroxylation is 1. The Morgan fingerprint density at radius 1 is 1.30 bits per heavy atom. The van der Waals surface area contributed by atoms with Crippen molar-refractivity contribution in [3.63, 3.8) is 0 Å². The maximum Gasteiger partial charge on any atom is 0.274 e. The van der Waals surface area contributed by atoms with Gasteiger partial charge in [-0.05, 0) is 43.5 Å². The van der Waals surface area contributed by atoms with Crippen molar-refractivity contribution >= 4 is 22.6 Å². The molecule has 0 bridgehead atoms. The van der Waals surface area contributed by atoms with E-state index in [0.717, 1.165) is 24.9 Å². The lowest BCUT2D eigenvalue weighted by Gasteiger charge is -2.14. The number of hydrogen-bond acceptors (Lipinski definition) is 5. The third kappa shape index (κ3) is 3.64. The van der Waals surface area contributed by atoms with Gasteiger partial charge in [0, 0.05) is 42.3 Å². The van der Waals surface area contributed by atoms with E-state index in [4.69, 9.17) is 5.73 Å². The Labute approximate surface area is 158 Å². The van der Waals surface area contributed by atoms with Gasteiger partial charge in [-0.3, -0.25) is 4.79 Å². The van der Waals surface area contributed by atoms with Crippen molar-refractivity contribution < 1.29 is 4.79 Å². The van der Waals surface area contributed by atoms with E-state index in [1.165, 1.54) is 16.6 Å². The first-order chi connectivity index (χ1) is 13.1. The monoisotopic (exact) mass is 364 g/mol. The maximum absolute atomic E-state index is 12.4. The van der Waals surface area contributed by atoms with Crippen molar-refractivity contribution in [1.82, 2.24) is 20.1 Å². The van der Waals surface area contributed by atoms with Crippen LogP contribution in [0.2, 0.25) is 0 Å². The van der Waals surface area contributed by atoms with E-state index < -0.39 is 0 Å². The van der Waals surface area contributed by atoms with Crippen LogP contribution in [-0.4, -0.2) is 51.7 Å². The second kappa shape index (κ2) is 7.36. The molecule has 140 valence electrons. The van der Waals surface area contributed by atoms with Crippen molar-refractivity contribution in [3.05, 3.63) is 53.3 Å². The van der Waals surface area contributed by atoms with Crippen LogP contribution in [0.3, 0.4) is 0 Å². The number of H-pyrrole nitrogens is 1. The molecule has 0 spiro atoms.